The number of benzene rings is 1. The number of morpholine rings is 1. The summed E-state index contributed by atoms with van der Waals surface area (Å²) < 4.78 is 11.6. The van der Waals surface area contributed by atoms with E-state index in [2.05, 4.69) is 34.7 Å². The number of hydrogen-bond acceptors (Lipinski definition) is 6. The van der Waals surface area contributed by atoms with Crippen LogP contribution in [0.3, 0.4) is 0 Å². The highest BCUT2D eigenvalue weighted by molar-refractivity contribution is 5.36. The predicted molar refractivity (Wildman–Crippen MR) is 113 cm³/mol. The van der Waals surface area contributed by atoms with E-state index in [1.807, 2.05) is 25.1 Å². The van der Waals surface area contributed by atoms with Gasteiger partial charge < -0.3 is 14.4 Å². The second-order valence-corrected chi connectivity index (χ2v) is 7.98. The van der Waals surface area contributed by atoms with E-state index >= 15 is 0 Å². The Morgan fingerprint density at radius 2 is 2.00 bits per heavy atom. The summed E-state index contributed by atoms with van der Waals surface area (Å²) in [6, 6.07) is 8.15. The fourth-order valence-corrected chi connectivity index (χ4v) is 4.29. The largest absolute Gasteiger partial charge is 0.494 e. The molecule has 1 N–H and O–H groups in total. The van der Waals surface area contributed by atoms with Gasteiger partial charge in [-0.2, -0.15) is 0 Å². The van der Waals surface area contributed by atoms with Crippen LogP contribution in [0.25, 0.3) is 0 Å². The molecule has 0 aliphatic carbocycles. The van der Waals surface area contributed by atoms with Crippen molar-refractivity contribution in [3.63, 3.8) is 0 Å². The third-order valence-corrected chi connectivity index (χ3v) is 5.53. The zero-order chi connectivity index (χ0) is 20.4. The number of para-hydroxylation sites is 1. The van der Waals surface area contributed by atoms with Crippen molar-refractivity contribution >= 4 is 5.95 Å². The number of fused-ring (bicyclic) bond motifs is 1. The SMILES string of the molecule is CCOc1ccccc1CN1CCc2c(nc(N3C[C@@H](C)O[C@H](C)C3)[nH]c2=O)C1. The number of H-pyrrole nitrogens is 1. The van der Waals surface area contributed by atoms with Gasteiger partial charge in [0.15, 0.2) is 0 Å². The first-order valence-electron chi connectivity index (χ1n) is 10.5. The van der Waals surface area contributed by atoms with Crippen molar-refractivity contribution in [3.8, 4) is 5.75 Å². The highest BCUT2D eigenvalue weighted by Gasteiger charge is 2.27. The minimum atomic E-state index is -0.00818. The number of ether oxygens (including phenoxy) is 2. The average Bonchev–Trinajstić information content (AvgIpc) is 2.68. The predicted octanol–water partition coefficient (Wildman–Crippen LogP) is 2.34. The third-order valence-electron chi connectivity index (χ3n) is 5.53. The van der Waals surface area contributed by atoms with E-state index in [0.717, 1.165) is 43.2 Å². The van der Waals surface area contributed by atoms with Crippen molar-refractivity contribution in [3.05, 3.63) is 51.4 Å². The second-order valence-electron chi connectivity index (χ2n) is 7.98. The molecule has 0 radical (unpaired) electrons. The lowest BCUT2D eigenvalue weighted by atomic mass is 10.1. The van der Waals surface area contributed by atoms with Crippen molar-refractivity contribution in [2.75, 3.05) is 31.1 Å². The Hall–Kier alpha value is -2.38. The molecular formula is C22H30N4O3. The van der Waals surface area contributed by atoms with Crippen molar-refractivity contribution in [2.24, 2.45) is 0 Å². The maximum atomic E-state index is 12.7. The highest BCUT2D eigenvalue weighted by Crippen LogP contribution is 2.24. The summed E-state index contributed by atoms with van der Waals surface area (Å²) in [5.41, 5.74) is 2.86. The summed E-state index contributed by atoms with van der Waals surface area (Å²) in [7, 11) is 0. The van der Waals surface area contributed by atoms with Gasteiger partial charge in [0.25, 0.3) is 5.56 Å². The number of rotatable bonds is 5. The minimum Gasteiger partial charge on any atom is -0.494 e. The summed E-state index contributed by atoms with van der Waals surface area (Å²) in [6.45, 7) is 10.5. The van der Waals surface area contributed by atoms with Gasteiger partial charge in [0, 0.05) is 43.9 Å². The molecule has 156 valence electrons. The van der Waals surface area contributed by atoms with Gasteiger partial charge in [0.05, 0.1) is 24.5 Å². The standard InChI is InChI=1S/C22H30N4O3/c1-4-28-20-8-6-5-7-17(20)13-25-10-9-18-19(14-25)23-22(24-21(18)27)26-11-15(2)29-16(3)12-26/h5-8,15-16H,4,9-14H2,1-3H3,(H,23,24,27)/t15-,16-/m1/s1. The molecule has 1 fully saturated rings. The molecule has 0 saturated carbocycles. The molecule has 0 amide bonds. The summed E-state index contributed by atoms with van der Waals surface area (Å²) in [6.07, 6.45) is 0.947. The lowest BCUT2D eigenvalue weighted by Gasteiger charge is -2.36. The first kappa shape index (κ1) is 19.9. The molecule has 3 heterocycles. The third kappa shape index (κ3) is 4.46. The smallest absolute Gasteiger partial charge is 0.255 e. The molecule has 7 heteroatoms. The van der Waals surface area contributed by atoms with Crippen LogP contribution < -0.4 is 15.2 Å². The van der Waals surface area contributed by atoms with E-state index in [1.165, 1.54) is 5.56 Å². The van der Waals surface area contributed by atoms with Gasteiger partial charge in [-0.05, 0) is 33.3 Å². The Balaban J connectivity index is 1.54. The zero-order valence-corrected chi connectivity index (χ0v) is 17.5. The Bertz CT molecular complexity index is 903. The number of hydrogen-bond donors (Lipinski definition) is 1. The normalized spacial score (nSPS) is 22.4. The molecule has 2 aliphatic rings. The minimum absolute atomic E-state index is 0.00818. The molecule has 2 atom stereocenters. The first-order chi connectivity index (χ1) is 14.0. The van der Waals surface area contributed by atoms with Gasteiger partial charge in [-0.1, -0.05) is 18.2 Å². The fourth-order valence-electron chi connectivity index (χ4n) is 4.29. The van der Waals surface area contributed by atoms with Crippen LogP contribution in [0.5, 0.6) is 5.75 Å². The maximum absolute atomic E-state index is 12.7. The summed E-state index contributed by atoms with van der Waals surface area (Å²) in [4.78, 5) is 25.0. The zero-order valence-electron chi connectivity index (χ0n) is 17.5. The lowest BCUT2D eigenvalue weighted by Crippen LogP contribution is -2.47. The van der Waals surface area contributed by atoms with Crippen molar-refractivity contribution < 1.29 is 9.47 Å². The highest BCUT2D eigenvalue weighted by atomic mass is 16.5. The van der Waals surface area contributed by atoms with E-state index in [1.54, 1.807) is 0 Å². The molecule has 2 aromatic rings. The molecule has 0 unspecified atom stereocenters. The van der Waals surface area contributed by atoms with Crippen LogP contribution in [-0.4, -0.2) is 53.3 Å². The summed E-state index contributed by atoms with van der Waals surface area (Å²) in [5.74, 6) is 1.59. The molecule has 2 aliphatic heterocycles. The number of nitrogens with one attached hydrogen (secondary N) is 1. The summed E-state index contributed by atoms with van der Waals surface area (Å²) in [5, 5.41) is 0. The Morgan fingerprint density at radius 1 is 1.24 bits per heavy atom. The van der Waals surface area contributed by atoms with E-state index in [4.69, 9.17) is 14.5 Å². The van der Waals surface area contributed by atoms with Crippen LogP contribution in [0.4, 0.5) is 5.95 Å². The molecule has 1 aromatic carbocycles. The Kier molecular flexibility index (Phi) is 5.87. The van der Waals surface area contributed by atoms with Crippen LogP contribution >= 0.6 is 0 Å². The van der Waals surface area contributed by atoms with E-state index in [0.29, 0.717) is 25.5 Å². The molecule has 4 rings (SSSR count). The van der Waals surface area contributed by atoms with Crippen molar-refractivity contribution in [2.45, 2.75) is 52.5 Å². The Morgan fingerprint density at radius 3 is 2.76 bits per heavy atom. The van der Waals surface area contributed by atoms with Crippen LogP contribution in [0.2, 0.25) is 0 Å². The summed E-state index contributed by atoms with van der Waals surface area (Å²) >= 11 is 0. The number of nitrogens with zero attached hydrogens (tertiary/aromatic N) is 3. The molecule has 29 heavy (non-hydrogen) atoms. The van der Waals surface area contributed by atoms with Gasteiger partial charge in [-0.25, -0.2) is 4.98 Å². The van der Waals surface area contributed by atoms with E-state index < -0.39 is 0 Å². The van der Waals surface area contributed by atoms with Gasteiger partial charge in [0.2, 0.25) is 5.95 Å². The molecule has 1 saturated heterocycles. The van der Waals surface area contributed by atoms with Crippen LogP contribution in [0.15, 0.2) is 29.1 Å². The lowest BCUT2D eigenvalue weighted by molar-refractivity contribution is -0.00576. The van der Waals surface area contributed by atoms with Crippen LogP contribution in [0, 0.1) is 0 Å². The van der Waals surface area contributed by atoms with Gasteiger partial charge in [0.1, 0.15) is 5.75 Å². The maximum Gasteiger partial charge on any atom is 0.255 e. The topological polar surface area (TPSA) is 70.7 Å². The molecular weight excluding hydrogens is 368 g/mol. The fraction of sp³-hybridized carbons (Fsp3) is 0.545. The van der Waals surface area contributed by atoms with Crippen LogP contribution in [-0.2, 0) is 24.2 Å². The average molecular weight is 399 g/mol. The van der Waals surface area contributed by atoms with E-state index in [9.17, 15) is 4.79 Å². The Labute approximate surface area is 171 Å². The molecule has 1 aromatic heterocycles. The van der Waals surface area contributed by atoms with Crippen molar-refractivity contribution in [1.82, 2.24) is 14.9 Å². The van der Waals surface area contributed by atoms with Gasteiger partial charge >= 0.3 is 0 Å². The quantitative estimate of drug-likeness (QED) is 0.834. The second kappa shape index (κ2) is 8.55. The number of aromatic nitrogens is 2. The van der Waals surface area contributed by atoms with Gasteiger partial charge in [-0.15, -0.1) is 0 Å². The molecule has 0 spiro atoms. The first-order valence-corrected chi connectivity index (χ1v) is 10.5. The monoisotopic (exact) mass is 398 g/mol. The molecule has 0 bridgehead atoms. The van der Waals surface area contributed by atoms with Gasteiger partial charge in [-0.3, -0.25) is 14.7 Å². The van der Waals surface area contributed by atoms with Crippen molar-refractivity contribution in [1.29, 1.82) is 0 Å². The van der Waals surface area contributed by atoms with E-state index in [-0.39, 0.29) is 17.8 Å². The number of aromatic amines is 1. The van der Waals surface area contributed by atoms with Crippen LogP contribution in [0.1, 0.15) is 37.6 Å². The number of anilines is 1. The molecule has 7 nitrogen and oxygen atoms in total.